The second-order valence-electron chi connectivity index (χ2n) is 7.21. The summed E-state index contributed by atoms with van der Waals surface area (Å²) in [6.07, 6.45) is 0.864. The highest BCUT2D eigenvalue weighted by Gasteiger charge is 2.22. The zero-order valence-corrected chi connectivity index (χ0v) is 18.7. The summed E-state index contributed by atoms with van der Waals surface area (Å²) in [6.45, 7) is 7.05. The monoisotopic (exact) mass is 424 g/mol. The van der Waals surface area contributed by atoms with Crippen molar-refractivity contribution < 1.29 is 14.3 Å². The molecule has 0 saturated carbocycles. The molecule has 2 aromatic carbocycles. The highest BCUT2D eigenvalue weighted by atomic mass is 32.1. The summed E-state index contributed by atoms with van der Waals surface area (Å²) in [5, 5.41) is 2.90. The minimum Gasteiger partial charge on any atom is -0.497 e. The SMILES string of the molecule is CCC(C)N(Cc1csc(COc2ccccc2C)n1)C(=O)c1cccc(OC)c1. The fourth-order valence-corrected chi connectivity index (χ4v) is 3.79. The average molecular weight is 425 g/mol. The van der Waals surface area contributed by atoms with E-state index in [9.17, 15) is 4.79 Å². The first kappa shape index (κ1) is 21.8. The Labute approximate surface area is 182 Å². The molecule has 0 radical (unpaired) electrons. The van der Waals surface area contributed by atoms with Gasteiger partial charge in [0.25, 0.3) is 5.91 Å². The van der Waals surface area contributed by atoms with Gasteiger partial charge in [-0.15, -0.1) is 11.3 Å². The van der Waals surface area contributed by atoms with E-state index in [1.165, 1.54) is 0 Å². The molecule has 0 spiro atoms. The molecule has 30 heavy (non-hydrogen) atoms. The van der Waals surface area contributed by atoms with Crippen molar-refractivity contribution >= 4 is 17.2 Å². The van der Waals surface area contributed by atoms with Gasteiger partial charge in [0.2, 0.25) is 0 Å². The van der Waals surface area contributed by atoms with Gasteiger partial charge in [0.05, 0.1) is 19.3 Å². The largest absolute Gasteiger partial charge is 0.497 e. The van der Waals surface area contributed by atoms with E-state index in [4.69, 9.17) is 14.5 Å². The lowest BCUT2D eigenvalue weighted by molar-refractivity contribution is 0.0668. The first-order valence-electron chi connectivity index (χ1n) is 10.1. The molecular weight excluding hydrogens is 396 g/mol. The van der Waals surface area contributed by atoms with Crippen molar-refractivity contribution in [2.45, 2.75) is 46.4 Å². The molecule has 1 aromatic heterocycles. The lowest BCUT2D eigenvalue weighted by Gasteiger charge is -2.28. The summed E-state index contributed by atoms with van der Waals surface area (Å²) in [5.41, 5.74) is 2.59. The highest BCUT2D eigenvalue weighted by molar-refractivity contribution is 7.09. The van der Waals surface area contributed by atoms with E-state index in [1.807, 2.05) is 59.7 Å². The van der Waals surface area contributed by atoms with E-state index in [0.717, 1.165) is 28.4 Å². The number of aromatic nitrogens is 1. The minimum absolute atomic E-state index is 0.0195. The Hall–Kier alpha value is -2.86. The summed E-state index contributed by atoms with van der Waals surface area (Å²) < 4.78 is 11.2. The summed E-state index contributed by atoms with van der Waals surface area (Å²) in [4.78, 5) is 19.8. The van der Waals surface area contributed by atoms with Crippen molar-refractivity contribution in [3.05, 3.63) is 75.7 Å². The van der Waals surface area contributed by atoms with Gasteiger partial charge in [-0.05, 0) is 50.1 Å². The van der Waals surface area contributed by atoms with Crippen LogP contribution in [-0.2, 0) is 13.2 Å². The Kier molecular flexibility index (Phi) is 7.46. The number of hydrogen-bond donors (Lipinski definition) is 0. The number of ether oxygens (including phenoxy) is 2. The number of amides is 1. The summed E-state index contributed by atoms with van der Waals surface area (Å²) in [7, 11) is 1.60. The standard InChI is InChI=1S/C24H28N2O3S/c1-5-18(3)26(24(27)19-10-8-11-21(13-19)28-4)14-20-16-30-23(25-20)15-29-22-12-7-6-9-17(22)2/h6-13,16,18H,5,14-15H2,1-4H3. The fourth-order valence-electron chi connectivity index (χ4n) is 3.09. The second kappa shape index (κ2) is 10.3. The Balaban J connectivity index is 1.71. The molecule has 0 aliphatic heterocycles. The Bertz CT molecular complexity index is 986. The third-order valence-corrected chi connectivity index (χ3v) is 5.95. The van der Waals surface area contributed by atoms with Crippen LogP contribution in [0.15, 0.2) is 53.9 Å². The molecule has 0 saturated heterocycles. The van der Waals surface area contributed by atoms with Crippen molar-refractivity contribution in [3.8, 4) is 11.5 Å². The molecule has 3 rings (SSSR count). The molecule has 5 nitrogen and oxygen atoms in total. The van der Waals surface area contributed by atoms with Crippen LogP contribution in [0, 0.1) is 6.92 Å². The van der Waals surface area contributed by atoms with E-state index >= 15 is 0 Å². The number of methoxy groups -OCH3 is 1. The van der Waals surface area contributed by atoms with Gasteiger partial charge in [0.1, 0.15) is 23.1 Å². The molecule has 1 amide bonds. The number of thiazole rings is 1. The van der Waals surface area contributed by atoms with Crippen molar-refractivity contribution in [1.82, 2.24) is 9.88 Å². The highest BCUT2D eigenvalue weighted by Crippen LogP contribution is 2.22. The van der Waals surface area contributed by atoms with Gasteiger partial charge in [-0.2, -0.15) is 0 Å². The first-order chi connectivity index (χ1) is 14.5. The Morgan fingerprint density at radius 1 is 1.20 bits per heavy atom. The number of para-hydroxylation sites is 1. The third-order valence-electron chi connectivity index (χ3n) is 5.08. The molecule has 158 valence electrons. The molecule has 0 fully saturated rings. The number of hydrogen-bond acceptors (Lipinski definition) is 5. The lowest BCUT2D eigenvalue weighted by Crippen LogP contribution is -2.37. The topological polar surface area (TPSA) is 51.7 Å². The molecule has 1 unspecified atom stereocenters. The van der Waals surface area contributed by atoms with Gasteiger partial charge in [0, 0.05) is 17.0 Å². The van der Waals surface area contributed by atoms with Crippen LogP contribution in [0.4, 0.5) is 0 Å². The molecule has 1 heterocycles. The van der Waals surface area contributed by atoms with E-state index < -0.39 is 0 Å². The predicted molar refractivity (Wildman–Crippen MR) is 120 cm³/mol. The molecule has 0 bridgehead atoms. The van der Waals surface area contributed by atoms with Gasteiger partial charge >= 0.3 is 0 Å². The summed E-state index contributed by atoms with van der Waals surface area (Å²) >= 11 is 1.56. The summed E-state index contributed by atoms with van der Waals surface area (Å²) in [6, 6.07) is 15.3. The molecule has 0 aliphatic carbocycles. The van der Waals surface area contributed by atoms with Crippen LogP contribution in [0.1, 0.15) is 46.9 Å². The van der Waals surface area contributed by atoms with E-state index in [1.54, 1.807) is 24.5 Å². The van der Waals surface area contributed by atoms with Crippen LogP contribution in [0.2, 0.25) is 0 Å². The normalized spacial score (nSPS) is 11.7. The zero-order valence-electron chi connectivity index (χ0n) is 17.9. The average Bonchev–Trinajstić information content (AvgIpc) is 3.23. The predicted octanol–water partition coefficient (Wildman–Crippen LogP) is 5.48. The van der Waals surface area contributed by atoms with Gasteiger partial charge in [0.15, 0.2) is 0 Å². The lowest BCUT2D eigenvalue weighted by atomic mass is 10.1. The van der Waals surface area contributed by atoms with Crippen LogP contribution < -0.4 is 9.47 Å². The quantitative estimate of drug-likeness (QED) is 0.456. The second-order valence-corrected chi connectivity index (χ2v) is 8.15. The van der Waals surface area contributed by atoms with Gasteiger partial charge in [-0.25, -0.2) is 4.98 Å². The zero-order chi connectivity index (χ0) is 21.5. The van der Waals surface area contributed by atoms with E-state index in [2.05, 4.69) is 13.8 Å². The van der Waals surface area contributed by atoms with Crippen LogP contribution in [-0.4, -0.2) is 28.9 Å². The minimum atomic E-state index is -0.0195. The molecule has 1 atom stereocenters. The number of nitrogens with zero attached hydrogens (tertiary/aromatic N) is 2. The van der Waals surface area contributed by atoms with E-state index in [0.29, 0.717) is 24.5 Å². The van der Waals surface area contributed by atoms with Gasteiger partial charge in [-0.3, -0.25) is 4.79 Å². The smallest absolute Gasteiger partial charge is 0.254 e. The van der Waals surface area contributed by atoms with Crippen molar-refractivity contribution in [3.63, 3.8) is 0 Å². The molecule has 3 aromatic rings. The third kappa shape index (κ3) is 5.39. The van der Waals surface area contributed by atoms with Crippen molar-refractivity contribution in [2.24, 2.45) is 0 Å². The summed E-state index contributed by atoms with van der Waals surface area (Å²) in [5.74, 6) is 1.52. The molecule has 0 N–H and O–H groups in total. The maximum atomic E-state index is 13.2. The van der Waals surface area contributed by atoms with Crippen LogP contribution in [0.3, 0.4) is 0 Å². The number of aryl methyl sites for hydroxylation is 1. The van der Waals surface area contributed by atoms with E-state index in [-0.39, 0.29) is 11.9 Å². The maximum Gasteiger partial charge on any atom is 0.254 e. The number of carbonyl (C=O) groups is 1. The first-order valence-corrected chi connectivity index (χ1v) is 11.0. The van der Waals surface area contributed by atoms with Crippen molar-refractivity contribution in [2.75, 3.05) is 7.11 Å². The number of rotatable bonds is 9. The molecule has 0 aliphatic rings. The molecule has 6 heteroatoms. The fraction of sp³-hybridized carbons (Fsp3) is 0.333. The number of benzene rings is 2. The van der Waals surface area contributed by atoms with Gasteiger partial charge in [-0.1, -0.05) is 31.2 Å². The van der Waals surface area contributed by atoms with Gasteiger partial charge < -0.3 is 14.4 Å². The maximum absolute atomic E-state index is 13.2. The van der Waals surface area contributed by atoms with Crippen molar-refractivity contribution in [1.29, 1.82) is 0 Å². The Morgan fingerprint density at radius 3 is 2.73 bits per heavy atom. The molecular formula is C24H28N2O3S. The van der Waals surface area contributed by atoms with Crippen LogP contribution in [0.25, 0.3) is 0 Å². The number of carbonyl (C=O) groups excluding carboxylic acids is 1. The van der Waals surface area contributed by atoms with Crippen LogP contribution in [0.5, 0.6) is 11.5 Å². The van der Waals surface area contributed by atoms with Crippen LogP contribution >= 0.6 is 11.3 Å². The Morgan fingerprint density at radius 2 is 2.00 bits per heavy atom.